The summed E-state index contributed by atoms with van der Waals surface area (Å²) in [5.74, 6) is 0. The fraction of sp³-hybridized carbons (Fsp3) is 0.500. The fourth-order valence-corrected chi connectivity index (χ4v) is 1.33. The van der Waals surface area contributed by atoms with Crippen molar-refractivity contribution in [1.82, 2.24) is 0 Å². The Morgan fingerprint density at radius 2 is 1.27 bits per heavy atom. The van der Waals surface area contributed by atoms with E-state index in [-0.39, 0.29) is 37.7 Å². The van der Waals surface area contributed by atoms with Gasteiger partial charge in [0.05, 0.1) is 0 Å². The van der Waals surface area contributed by atoms with E-state index in [1.165, 1.54) is 10.6 Å². The predicted molar refractivity (Wildman–Crippen MR) is 39.2 cm³/mol. The van der Waals surface area contributed by atoms with Crippen LogP contribution in [-0.4, -0.2) is 0 Å². The SMILES string of the molecule is C=CC[CH2][Cu-2][CH2]CC=C.[Li+].[Li+]. The van der Waals surface area contributed by atoms with E-state index in [9.17, 15) is 0 Å². The minimum atomic E-state index is 0. The zero-order valence-corrected chi connectivity index (χ0v) is 8.64. The summed E-state index contributed by atoms with van der Waals surface area (Å²) < 4.78 is 0. The molecular formula is C8H14CuLi2. The van der Waals surface area contributed by atoms with Gasteiger partial charge in [0.25, 0.3) is 0 Å². The molecule has 0 radical (unpaired) electrons. The van der Waals surface area contributed by atoms with E-state index in [4.69, 9.17) is 0 Å². The molecule has 0 atom stereocenters. The van der Waals surface area contributed by atoms with E-state index in [1.54, 1.807) is 0 Å². The molecule has 11 heavy (non-hydrogen) atoms. The van der Waals surface area contributed by atoms with Crippen molar-refractivity contribution >= 4 is 0 Å². The van der Waals surface area contributed by atoms with Gasteiger partial charge in [-0.3, -0.25) is 0 Å². The Morgan fingerprint density at radius 3 is 1.55 bits per heavy atom. The van der Waals surface area contributed by atoms with Gasteiger partial charge in [0.1, 0.15) is 0 Å². The van der Waals surface area contributed by atoms with Crippen molar-refractivity contribution in [3.8, 4) is 0 Å². The van der Waals surface area contributed by atoms with Crippen LogP contribution in [0, 0.1) is 0 Å². The molecule has 0 spiro atoms. The molecule has 0 rings (SSSR count). The number of allylic oxidation sites excluding steroid dienone is 2. The number of rotatable bonds is 6. The Bertz CT molecular complexity index is 74.2. The van der Waals surface area contributed by atoms with Gasteiger partial charge in [0.2, 0.25) is 0 Å². The van der Waals surface area contributed by atoms with Crippen LogP contribution in [0.25, 0.3) is 0 Å². The molecule has 59 valence electrons. The zero-order valence-electron chi connectivity index (χ0n) is 7.70. The Labute approximate surface area is 101 Å². The van der Waals surface area contributed by atoms with Gasteiger partial charge in [-0.25, -0.2) is 0 Å². The standard InChI is InChI=1S/2C4H7.Cu.2Li/c2*1-3-4-2;;;/h2*3H,1-2,4H2;;;/q;;-2;2*+1. The zero-order chi connectivity index (χ0) is 6.95. The van der Waals surface area contributed by atoms with Crippen molar-refractivity contribution in [3.05, 3.63) is 25.3 Å². The molecule has 0 aromatic rings. The van der Waals surface area contributed by atoms with Gasteiger partial charge in [-0.05, 0) is 0 Å². The van der Waals surface area contributed by atoms with Crippen LogP contribution in [0.2, 0.25) is 10.6 Å². The van der Waals surface area contributed by atoms with E-state index < -0.39 is 0 Å². The maximum Gasteiger partial charge on any atom is 1.00 e. The quantitative estimate of drug-likeness (QED) is 0.237. The Balaban J connectivity index is -0.000000320. The number of hydrogen-bond donors (Lipinski definition) is 0. The van der Waals surface area contributed by atoms with E-state index in [0.717, 1.165) is 12.8 Å². The third kappa shape index (κ3) is 18.3. The van der Waals surface area contributed by atoms with Gasteiger partial charge < -0.3 is 0 Å². The number of hydrogen-bond acceptors (Lipinski definition) is 0. The summed E-state index contributed by atoms with van der Waals surface area (Å²) in [6.07, 6.45) is 6.16. The molecule has 0 saturated heterocycles. The molecule has 0 saturated carbocycles. The molecule has 0 aliphatic heterocycles. The van der Waals surface area contributed by atoms with Crippen LogP contribution >= 0.6 is 0 Å². The Hall–Kier alpha value is 1.19. The van der Waals surface area contributed by atoms with Crippen LogP contribution in [-0.2, 0) is 15.0 Å². The first-order valence-electron chi connectivity index (χ1n) is 3.06. The van der Waals surface area contributed by atoms with Crippen molar-refractivity contribution in [1.29, 1.82) is 0 Å². The summed E-state index contributed by atoms with van der Waals surface area (Å²) in [6, 6.07) is 0. The Kier molecular flexibility index (Phi) is 28.5. The van der Waals surface area contributed by atoms with Crippen LogP contribution in [0.1, 0.15) is 12.8 Å². The summed E-state index contributed by atoms with van der Waals surface area (Å²) >= 11 is 2.04. The molecule has 0 heterocycles. The molecule has 0 aliphatic carbocycles. The van der Waals surface area contributed by atoms with E-state index in [1.807, 2.05) is 27.1 Å². The van der Waals surface area contributed by atoms with Crippen molar-refractivity contribution < 1.29 is 52.7 Å². The topological polar surface area (TPSA) is 0 Å². The molecule has 0 bridgehead atoms. The summed E-state index contributed by atoms with van der Waals surface area (Å²) in [7, 11) is 0. The largest absolute Gasteiger partial charge is 1.00 e. The molecule has 0 aromatic carbocycles. The molecule has 0 unspecified atom stereocenters. The Morgan fingerprint density at radius 1 is 0.909 bits per heavy atom. The van der Waals surface area contributed by atoms with E-state index >= 15 is 0 Å². The summed E-state index contributed by atoms with van der Waals surface area (Å²) in [4.78, 5) is 0. The maximum absolute atomic E-state index is 3.64. The normalized spacial score (nSPS) is 7.64. The first-order chi connectivity index (χ1) is 4.41. The van der Waals surface area contributed by atoms with Gasteiger partial charge in [0.15, 0.2) is 0 Å². The van der Waals surface area contributed by atoms with Crippen molar-refractivity contribution in [3.63, 3.8) is 0 Å². The maximum atomic E-state index is 3.64. The van der Waals surface area contributed by atoms with Crippen LogP contribution < -0.4 is 37.7 Å². The second-order valence-corrected chi connectivity index (χ2v) is 3.02. The predicted octanol–water partition coefficient (Wildman–Crippen LogP) is -2.93. The first-order valence-corrected chi connectivity index (χ1v) is 4.39. The molecule has 3 heteroatoms. The minimum absolute atomic E-state index is 0. The van der Waals surface area contributed by atoms with E-state index in [0.29, 0.717) is 0 Å². The molecule has 0 amide bonds. The van der Waals surface area contributed by atoms with Crippen LogP contribution in [0.5, 0.6) is 0 Å². The smallest absolute Gasteiger partial charge is 1.00 e. The second kappa shape index (κ2) is 17.3. The summed E-state index contributed by atoms with van der Waals surface area (Å²) in [6.45, 7) is 7.29. The van der Waals surface area contributed by atoms with E-state index in [2.05, 4.69) is 13.2 Å². The minimum Gasteiger partial charge on any atom is 1.00 e. The molecule has 0 nitrogen and oxygen atoms in total. The van der Waals surface area contributed by atoms with Crippen LogP contribution in [0.15, 0.2) is 25.3 Å². The molecule has 0 aliphatic rings. The monoisotopic (exact) mass is 187 g/mol. The van der Waals surface area contributed by atoms with Gasteiger partial charge >= 0.3 is 101 Å². The van der Waals surface area contributed by atoms with Crippen molar-refractivity contribution in [2.24, 2.45) is 0 Å². The average molecular weight is 188 g/mol. The van der Waals surface area contributed by atoms with Gasteiger partial charge in [-0.2, -0.15) is 0 Å². The van der Waals surface area contributed by atoms with Crippen molar-refractivity contribution in [2.45, 2.75) is 23.5 Å². The van der Waals surface area contributed by atoms with Crippen LogP contribution in [0.3, 0.4) is 0 Å². The second-order valence-electron chi connectivity index (χ2n) is 1.61. The van der Waals surface area contributed by atoms with Crippen LogP contribution in [0.4, 0.5) is 0 Å². The fourth-order valence-electron chi connectivity index (χ4n) is 0.322. The van der Waals surface area contributed by atoms with Gasteiger partial charge in [-0.1, -0.05) is 0 Å². The molecular weight excluding hydrogens is 174 g/mol. The summed E-state index contributed by atoms with van der Waals surface area (Å²) in [5, 5.41) is 2.39. The van der Waals surface area contributed by atoms with Crippen molar-refractivity contribution in [2.75, 3.05) is 0 Å². The third-order valence-electron chi connectivity index (χ3n) is 0.796. The van der Waals surface area contributed by atoms with Gasteiger partial charge in [-0.15, -0.1) is 0 Å². The molecule has 0 fully saturated rings. The summed E-state index contributed by atoms with van der Waals surface area (Å²) in [5.41, 5.74) is 0. The molecule has 0 aromatic heterocycles. The molecule has 0 N–H and O–H groups in total. The van der Waals surface area contributed by atoms with Gasteiger partial charge in [0, 0.05) is 0 Å². The third-order valence-corrected chi connectivity index (χ3v) is 2.01. The average Bonchev–Trinajstić information content (AvgIpc) is 1.89. The first kappa shape index (κ1) is 18.1.